The number of fused-ring (bicyclic) bond motifs is 1. The van der Waals surface area contributed by atoms with Crippen molar-refractivity contribution in [1.82, 2.24) is 14.5 Å². The molecule has 0 unspecified atom stereocenters. The van der Waals surface area contributed by atoms with Gasteiger partial charge in [-0.1, -0.05) is 213 Å². The summed E-state index contributed by atoms with van der Waals surface area (Å²) in [5.41, 5.74) is 14.8. The molecule has 73 heavy (non-hydrogen) atoms. The van der Waals surface area contributed by atoms with E-state index in [1.54, 1.807) is 0 Å². The second-order valence-electron chi connectivity index (χ2n) is 22.3. The third kappa shape index (κ3) is 10.6. The van der Waals surface area contributed by atoms with Crippen molar-refractivity contribution in [2.24, 2.45) is 11.8 Å². The predicted octanol–water partition coefficient (Wildman–Crippen LogP) is 18.0. The molecule has 0 aliphatic heterocycles. The van der Waals surface area contributed by atoms with Crippen LogP contribution in [0, 0.1) is 17.9 Å². The number of benzene rings is 7. The van der Waals surface area contributed by atoms with Crippen molar-refractivity contribution < 1.29 is 31.7 Å². The summed E-state index contributed by atoms with van der Waals surface area (Å²) in [4.78, 5) is 10.6. The summed E-state index contributed by atoms with van der Waals surface area (Å²) in [5.74, 6) is 0.687. The number of hydrogen-bond donors (Lipinski definition) is 1. The Labute approximate surface area is 453 Å². The molecular formula is C68H68N3OPt-. The van der Waals surface area contributed by atoms with Gasteiger partial charge < -0.3 is 5.11 Å². The molecule has 0 bridgehead atoms. The Morgan fingerprint density at radius 1 is 0.548 bits per heavy atom. The molecule has 2 fully saturated rings. The van der Waals surface area contributed by atoms with Crippen LogP contribution in [0.25, 0.3) is 83.9 Å². The molecule has 0 spiro atoms. The van der Waals surface area contributed by atoms with Crippen LogP contribution < -0.4 is 0 Å². The van der Waals surface area contributed by atoms with Crippen LogP contribution in [-0.4, -0.2) is 19.6 Å². The first kappa shape index (κ1) is 45.3. The zero-order chi connectivity index (χ0) is 53.1. The molecule has 5 heteroatoms. The number of pyridine rings is 1. The van der Waals surface area contributed by atoms with E-state index in [1.165, 1.54) is 0 Å². The third-order valence-corrected chi connectivity index (χ3v) is 15.0. The molecule has 0 atom stereocenters. The van der Waals surface area contributed by atoms with E-state index >= 15 is 0 Å². The Morgan fingerprint density at radius 2 is 1.12 bits per heavy atom. The molecule has 0 saturated heterocycles. The fourth-order valence-corrected chi connectivity index (χ4v) is 10.9. The number of phenols is 1. The van der Waals surface area contributed by atoms with E-state index in [4.69, 9.17) is 12.7 Å². The molecule has 11 rings (SSSR count). The van der Waals surface area contributed by atoms with Gasteiger partial charge in [-0.3, -0.25) is 9.55 Å². The maximum absolute atomic E-state index is 12.8. The van der Waals surface area contributed by atoms with Gasteiger partial charge in [-0.2, -0.15) is 0 Å². The van der Waals surface area contributed by atoms with Gasteiger partial charge in [0, 0.05) is 49.6 Å². The van der Waals surface area contributed by atoms with Crippen LogP contribution in [0.3, 0.4) is 0 Å². The van der Waals surface area contributed by atoms with Gasteiger partial charge in [-0.25, -0.2) is 4.98 Å². The van der Waals surface area contributed by atoms with E-state index in [2.05, 4.69) is 125 Å². The van der Waals surface area contributed by atoms with E-state index in [1.807, 2.05) is 91.1 Å². The molecule has 0 radical (unpaired) electrons. The molecule has 1 N–H and O–H groups in total. The predicted molar refractivity (Wildman–Crippen MR) is 301 cm³/mol. The molecule has 2 saturated carbocycles. The summed E-state index contributed by atoms with van der Waals surface area (Å²) >= 11 is 0. The minimum atomic E-state index is -1.52. The van der Waals surface area contributed by atoms with Crippen molar-refractivity contribution in [2.45, 2.75) is 116 Å². The van der Waals surface area contributed by atoms with E-state index in [0.29, 0.717) is 17.0 Å². The van der Waals surface area contributed by atoms with Crippen LogP contribution in [0.5, 0.6) is 5.75 Å². The topological polar surface area (TPSA) is 50.9 Å². The number of aromatic hydroxyl groups is 1. The average Bonchev–Trinajstić information content (AvgIpc) is 4.25. The number of aromatic nitrogens is 3. The Kier molecular flexibility index (Phi) is 12.9. The van der Waals surface area contributed by atoms with E-state index in [9.17, 15) is 7.85 Å². The molecule has 7 aromatic carbocycles. The first-order valence-electron chi connectivity index (χ1n) is 28.2. The van der Waals surface area contributed by atoms with Gasteiger partial charge >= 0.3 is 0 Å². The number of phenolic OH excluding ortho intramolecular Hbond substituents is 1. The van der Waals surface area contributed by atoms with Gasteiger partial charge in [0.05, 0.1) is 22.3 Å². The molecule has 9 aromatic rings. The van der Waals surface area contributed by atoms with Crippen molar-refractivity contribution in [1.29, 1.82) is 0 Å². The standard InChI is InChI=1S/C68H68N3O.Pt/c1-67(2,3)55-40-53(39-54(41-55)61-42-52(34-35-69-61)49-31-28-47(29-32-49)36-45-18-13-14-19-45)57-26-17-27-63-64(57)70-66(60-44-56(68(4,5)6)43-59(65(60)72)51-24-11-8-12-25-51)71(63)62-33-30-48(37-46-20-15-16-21-46)38-58(62)50-22-9-7-10-23-50;/h7-12,17,22-35,38,40-46,72H,13-16,18-21,36-37H2,1-6H3;/q-1;/i36D2,37D2;. The number of imidazole rings is 1. The minimum absolute atomic E-state index is 0. The number of para-hydroxylation sites is 1. The Morgan fingerprint density at radius 3 is 1.77 bits per heavy atom. The summed E-state index contributed by atoms with van der Waals surface area (Å²) in [5, 5.41) is 12.8. The molecule has 2 heterocycles. The van der Waals surface area contributed by atoms with Crippen molar-refractivity contribution in [3.05, 3.63) is 192 Å². The molecule has 2 aliphatic rings. The van der Waals surface area contributed by atoms with Crippen LogP contribution in [0.1, 0.15) is 121 Å². The van der Waals surface area contributed by atoms with Crippen molar-refractivity contribution in [2.75, 3.05) is 0 Å². The fourth-order valence-electron chi connectivity index (χ4n) is 10.9. The fraction of sp³-hybridized carbons (Fsp3) is 0.294. The molecule has 372 valence electrons. The smallest absolute Gasteiger partial charge is 0.148 e. The maximum atomic E-state index is 12.8. The summed E-state index contributed by atoms with van der Waals surface area (Å²) in [6.45, 7) is 13.2. The SMILES string of the molecule is [2H]C([2H])(c1ccc(-c2ccnc(-c3[c-]c(-c4cccc5c4nc(-c4cc(C(C)(C)C)cc(-c6ccccc6)c4O)n5-c4ccc(C([2H])([2H])C5CCCC5)cc4-c4ccccc4)cc(C(C)(C)C)c3)c2)cc1)C1CCCC1.[Pt]. The maximum Gasteiger partial charge on any atom is 0.148 e. The second-order valence-corrected chi connectivity index (χ2v) is 22.3. The van der Waals surface area contributed by atoms with Crippen molar-refractivity contribution in [3.8, 4) is 78.6 Å². The largest absolute Gasteiger partial charge is 0.507 e. The molecule has 0 amide bonds. The van der Waals surface area contributed by atoms with Crippen LogP contribution in [-0.2, 0) is 44.6 Å². The zero-order valence-electron chi connectivity index (χ0n) is 47.0. The Balaban J connectivity index is 0.00000672. The summed E-state index contributed by atoms with van der Waals surface area (Å²) < 4.78 is 39.3. The minimum Gasteiger partial charge on any atom is -0.507 e. The molecule has 4 nitrogen and oxygen atoms in total. The third-order valence-electron chi connectivity index (χ3n) is 15.0. The Bertz CT molecular complexity index is 3580. The summed E-state index contributed by atoms with van der Waals surface area (Å²) in [6, 6.07) is 57.2. The quantitative estimate of drug-likeness (QED) is 0.131. The normalized spacial score (nSPS) is 15.7. The van der Waals surface area contributed by atoms with Gasteiger partial charge in [-0.05, 0) is 111 Å². The number of rotatable bonds is 11. The van der Waals surface area contributed by atoms with Crippen LogP contribution in [0.15, 0.2) is 164 Å². The van der Waals surface area contributed by atoms with Crippen LogP contribution >= 0.6 is 0 Å². The molecule has 2 aliphatic carbocycles. The second kappa shape index (κ2) is 20.9. The molecular weight excluding hydrogens is 1070 g/mol. The zero-order valence-corrected chi connectivity index (χ0v) is 45.3. The van der Waals surface area contributed by atoms with Crippen molar-refractivity contribution in [3.63, 3.8) is 0 Å². The van der Waals surface area contributed by atoms with Gasteiger partial charge in [0.1, 0.15) is 11.6 Å². The average molecular weight is 1140 g/mol. The Hall–Kier alpha value is -6.35. The van der Waals surface area contributed by atoms with E-state index in [-0.39, 0.29) is 49.5 Å². The van der Waals surface area contributed by atoms with Crippen LogP contribution in [0.4, 0.5) is 0 Å². The van der Waals surface area contributed by atoms with Crippen LogP contribution in [0.2, 0.25) is 0 Å². The van der Waals surface area contributed by atoms with Crippen molar-refractivity contribution >= 4 is 11.0 Å². The van der Waals surface area contributed by atoms with Gasteiger partial charge in [0.25, 0.3) is 0 Å². The van der Waals surface area contributed by atoms with Gasteiger partial charge in [0.2, 0.25) is 0 Å². The van der Waals surface area contributed by atoms with Gasteiger partial charge in [0.15, 0.2) is 0 Å². The van der Waals surface area contributed by atoms with Gasteiger partial charge in [-0.15, -0.1) is 29.3 Å². The first-order valence-corrected chi connectivity index (χ1v) is 26.2. The van der Waals surface area contributed by atoms with E-state index in [0.717, 1.165) is 141 Å². The summed E-state index contributed by atoms with van der Waals surface area (Å²) in [7, 11) is 0. The number of hydrogen-bond acceptors (Lipinski definition) is 3. The summed E-state index contributed by atoms with van der Waals surface area (Å²) in [6.07, 6.45) is 6.83. The first-order chi connectivity index (χ1) is 36.4. The monoisotopic (exact) mass is 1140 g/mol. The molecule has 2 aromatic heterocycles. The number of nitrogens with zero attached hydrogens (tertiary/aromatic N) is 3. The van der Waals surface area contributed by atoms with E-state index < -0.39 is 12.7 Å².